The molecule has 1 aliphatic rings. The van der Waals surface area contributed by atoms with E-state index in [1.807, 2.05) is 0 Å². The third kappa shape index (κ3) is 1.60. The number of hydrogen-bond acceptors (Lipinski definition) is 4. The van der Waals surface area contributed by atoms with Crippen LogP contribution in [0.5, 0.6) is 0 Å². The Morgan fingerprint density at radius 3 is 3.00 bits per heavy atom. The van der Waals surface area contributed by atoms with Crippen LogP contribution in [-0.2, 0) is 0 Å². The molecule has 1 rings (SSSR count). The Labute approximate surface area is 60.7 Å². The van der Waals surface area contributed by atoms with Crippen LogP contribution in [0.3, 0.4) is 0 Å². The first-order chi connectivity index (χ1) is 4.72. The van der Waals surface area contributed by atoms with Crippen LogP contribution in [0.25, 0.3) is 0 Å². The number of nitrogens with one attached hydrogen (secondary N) is 1. The van der Waals surface area contributed by atoms with Crippen LogP contribution in [0.15, 0.2) is 17.1 Å². The van der Waals surface area contributed by atoms with Crippen LogP contribution in [0, 0.1) is 0 Å². The number of hydrazone groups is 1. The summed E-state index contributed by atoms with van der Waals surface area (Å²) >= 11 is 1.17. The monoisotopic (exact) mass is 165 g/mol. The van der Waals surface area contributed by atoms with Gasteiger partial charge in [0.25, 0.3) is 0 Å². The van der Waals surface area contributed by atoms with Gasteiger partial charge in [-0.2, -0.15) is 4.39 Å². The third-order valence-corrected chi connectivity index (χ3v) is 1.46. The van der Waals surface area contributed by atoms with Crippen molar-refractivity contribution in [3.63, 3.8) is 0 Å². The maximum absolute atomic E-state index is 12.2. The fraction of sp³-hybridized carbons (Fsp3) is 0.250. The van der Waals surface area contributed by atoms with E-state index in [9.17, 15) is 8.87 Å². The Hall–Kier alpha value is -0.780. The summed E-state index contributed by atoms with van der Waals surface area (Å²) in [4.78, 5) is 0. The van der Waals surface area contributed by atoms with Crippen molar-refractivity contribution < 1.29 is 8.87 Å². The molecule has 0 aromatic carbocycles. The SMILES string of the molecule is CSC1=NN(F)NC(F)=C1. The topological polar surface area (TPSA) is 27.6 Å². The molecule has 3 nitrogen and oxygen atoms in total. The minimum Gasteiger partial charge on any atom is -0.227 e. The summed E-state index contributed by atoms with van der Waals surface area (Å²) < 4.78 is 24.4. The van der Waals surface area contributed by atoms with Crippen LogP contribution in [0.1, 0.15) is 0 Å². The second kappa shape index (κ2) is 2.87. The molecule has 0 spiro atoms. The quantitative estimate of drug-likeness (QED) is 0.431. The molecule has 0 amide bonds. The molecule has 0 saturated carbocycles. The highest BCUT2D eigenvalue weighted by molar-refractivity contribution is 8.13. The predicted octanol–water partition coefficient (Wildman–Crippen LogP) is 1.18. The number of thioether (sulfide) groups is 1. The molecule has 10 heavy (non-hydrogen) atoms. The molecule has 0 aromatic heterocycles. The average Bonchev–Trinajstić information content (AvgIpc) is 1.85. The van der Waals surface area contributed by atoms with Gasteiger partial charge in [0.15, 0.2) is 0 Å². The molecule has 0 unspecified atom stereocenters. The first-order valence-corrected chi connectivity index (χ1v) is 3.67. The Kier molecular flexibility index (Phi) is 2.10. The summed E-state index contributed by atoms with van der Waals surface area (Å²) in [7, 11) is 0. The van der Waals surface area contributed by atoms with E-state index >= 15 is 0 Å². The molecule has 0 fully saturated rings. The van der Waals surface area contributed by atoms with Crippen molar-refractivity contribution in [3.05, 3.63) is 12.0 Å². The van der Waals surface area contributed by atoms with E-state index in [0.717, 1.165) is 6.08 Å². The molecule has 0 bridgehead atoms. The maximum atomic E-state index is 12.2. The van der Waals surface area contributed by atoms with Gasteiger partial charge in [0.05, 0.1) is 0 Å². The van der Waals surface area contributed by atoms with Crippen molar-refractivity contribution in [3.8, 4) is 0 Å². The van der Waals surface area contributed by atoms with Gasteiger partial charge in [-0.05, 0) is 11.6 Å². The second-order valence-corrected chi connectivity index (χ2v) is 2.33. The van der Waals surface area contributed by atoms with Gasteiger partial charge in [0, 0.05) is 6.08 Å². The molecule has 0 radical (unpaired) electrons. The minimum absolute atomic E-state index is 0.166. The van der Waals surface area contributed by atoms with Gasteiger partial charge in [0.2, 0.25) is 5.95 Å². The van der Waals surface area contributed by atoms with Gasteiger partial charge in [-0.3, -0.25) is 0 Å². The molecule has 0 atom stereocenters. The van der Waals surface area contributed by atoms with Crippen molar-refractivity contribution in [1.82, 2.24) is 10.8 Å². The van der Waals surface area contributed by atoms with E-state index in [1.165, 1.54) is 11.8 Å². The standard InChI is InChI=1S/C4H5F2N3S/c1-10-4-2-3(5)7-9(6)8-4/h2,7H,1H3. The molecule has 0 saturated heterocycles. The first-order valence-electron chi connectivity index (χ1n) is 2.44. The molecule has 1 heterocycles. The maximum Gasteiger partial charge on any atom is 0.211 e. The second-order valence-electron chi connectivity index (χ2n) is 1.51. The summed E-state index contributed by atoms with van der Waals surface area (Å²) in [5.74, 6) is -0.748. The van der Waals surface area contributed by atoms with E-state index < -0.39 is 5.95 Å². The molecule has 1 aliphatic heterocycles. The van der Waals surface area contributed by atoms with Crippen LogP contribution in [0.2, 0.25) is 0 Å². The van der Waals surface area contributed by atoms with Gasteiger partial charge in [0.1, 0.15) is 5.04 Å². The molecule has 6 heteroatoms. The zero-order valence-electron chi connectivity index (χ0n) is 5.14. The van der Waals surface area contributed by atoms with Gasteiger partial charge in [-0.15, -0.1) is 16.9 Å². The molecular weight excluding hydrogens is 160 g/mol. The number of nitrogens with zero attached hydrogens (tertiary/aromatic N) is 2. The van der Waals surface area contributed by atoms with E-state index in [-0.39, 0.29) is 5.34 Å². The third-order valence-electron chi connectivity index (χ3n) is 0.845. The van der Waals surface area contributed by atoms with Gasteiger partial charge in [-0.25, -0.2) is 5.43 Å². The van der Waals surface area contributed by atoms with Gasteiger partial charge < -0.3 is 0 Å². The minimum atomic E-state index is -0.748. The molecule has 0 aromatic rings. The van der Waals surface area contributed by atoms with Crippen LogP contribution in [0.4, 0.5) is 8.87 Å². The van der Waals surface area contributed by atoms with E-state index in [0.29, 0.717) is 5.04 Å². The normalized spacial score (nSPS) is 17.7. The smallest absolute Gasteiger partial charge is 0.211 e. The number of hydrazine groups is 1. The molecule has 1 N–H and O–H groups in total. The highest BCUT2D eigenvalue weighted by Crippen LogP contribution is 2.10. The zero-order valence-corrected chi connectivity index (χ0v) is 5.95. The number of halogens is 2. The van der Waals surface area contributed by atoms with Crippen molar-refractivity contribution >= 4 is 16.8 Å². The summed E-state index contributed by atoms with van der Waals surface area (Å²) in [5, 5.41) is 3.39. The molecule has 56 valence electrons. The first kappa shape index (κ1) is 7.33. The Morgan fingerprint density at radius 2 is 2.50 bits per heavy atom. The fourth-order valence-electron chi connectivity index (χ4n) is 0.469. The van der Waals surface area contributed by atoms with Crippen LogP contribution in [-0.4, -0.2) is 16.6 Å². The van der Waals surface area contributed by atoms with Crippen molar-refractivity contribution in [2.24, 2.45) is 5.10 Å². The number of rotatable bonds is 0. The summed E-state index contributed by atoms with van der Waals surface area (Å²) in [6.45, 7) is 0. The van der Waals surface area contributed by atoms with Gasteiger partial charge in [-0.1, -0.05) is 4.48 Å². The Balaban J connectivity index is 2.72. The molecular formula is C4H5F2N3S. The predicted molar refractivity (Wildman–Crippen MR) is 36.2 cm³/mol. The van der Waals surface area contributed by atoms with E-state index in [4.69, 9.17) is 0 Å². The Morgan fingerprint density at radius 1 is 1.80 bits per heavy atom. The number of hydrogen-bond donors (Lipinski definition) is 1. The van der Waals surface area contributed by atoms with E-state index in [2.05, 4.69) is 5.10 Å². The summed E-state index contributed by atoms with van der Waals surface area (Å²) in [6.07, 6.45) is 2.79. The highest BCUT2D eigenvalue weighted by Gasteiger charge is 2.09. The fourth-order valence-corrected chi connectivity index (χ4v) is 0.844. The highest BCUT2D eigenvalue weighted by atomic mass is 32.2. The van der Waals surface area contributed by atoms with Crippen LogP contribution >= 0.6 is 11.8 Å². The lowest BCUT2D eigenvalue weighted by molar-refractivity contribution is -0.0269. The van der Waals surface area contributed by atoms with Crippen molar-refractivity contribution in [2.75, 3.05) is 6.26 Å². The lowest BCUT2D eigenvalue weighted by Crippen LogP contribution is -2.28. The van der Waals surface area contributed by atoms with Crippen LogP contribution < -0.4 is 5.43 Å². The Bertz CT molecular complexity index is 191. The lowest BCUT2D eigenvalue weighted by Gasteiger charge is -2.13. The summed E-state index contributed by atoms with van der Waals surface area (Å²) in [5.41, 5.74) is 1.70. The average molecular weight is 165 g/mol. The largest absolute Gasteiger partial charge is 0.227 e. The molecule has 0 aliphatic carbocycles. The van der Waals surface area contributed by atoms with Crippen molar-refractivity contribution in [1.29, 1.82) is 0 Å². The summed E-state index contributed by atoms with van der Waals surface area (Å²) in [6, 6.07) is 0. The zero-order chi connectivity index (χ0) is 7.56. The lowest BCUT2D eigenvalue weighted by atomic mass is 10.6. The van der Waals surface area contributed by atoms with E-state index in [1.54, 1.807) is 11.7 Å². The van der Waals surface area contributed by atoms with Gasteiger partial charge >= 0.3 is 0 Å². The van der Waals surface area contributed by atoms with Crippen molar-refractivity contribution in [2.45, 2.75) is 0 Å².